The Hall–Kier alpha value is -1.04. The first-order valence-corrected chi connectivity index (χ1v) is 7.72. The summed E-state index contributed by atoms with van der Waals surface area (Å²) in [6.45, 7) is 2.82. The Balaban J connectivity index is 1.79. The van der Waals surface area contributed by atoms with Gasteiger partial charge < -0.3 is 5.32 Å². The van der Waals surface area contributed by atoms with Gasteiger partial charge in [-0.2, -0.15) is 11.8 Å². The highest BCUT2D eigenvalue weighted by atomic mass is 32.2. The highest BCUT2D eigenvalue weighted by Crippen LogP contribution is 2.21. The molecule has 0 aromatic carbocycles. The van der Waals surface area contributed by atoms with Crippen LogP contribution in [-0.4, -0.2) is 39.1 Å². The summed E-state index contributed by atoms with van der Waals surface area (Å²) in [6, 6.07) is 0. The van der Waals surface area contributed by atoms with Gasteiger partial charge in [0.15, 0.2) is 0 Å². The van der Waals surface area contributed by atoms with Gasteiger partial charge in [-0.05, 0) is 36.7 Å². The zero-order valence-electron chi connectivity index (χ0n) is 10.7. The monoisotopic (exact) mass is 268 g/mol. The second-order valence-electron chi connectivity index (χ2n) is 4.62. The summed E-state index contributed by atoms with van der Waals surface area (Å²) in [7, 11) is 0. The highest BCUT2D eigenvalue weighted by molar-refractivity contribution is 7.99. The number of H-pyrrole nitrogens is 1. The molecule has 18 heavy (non-hydrogen) atoms. The molecule has 6 heteroatoms. The lowest BCUT2D eigenvalue weighted by Gasteiger charge is -2.21. The topological polar surface area (TPSA) is 70.7 Å². The van der Waals surface area contributed by atoms with E-state index in [4.69, 9.17) is 0 Å². The molecule has 5 nitrogen and oxygen atoms in total. The molecule has 1 aromatic heterocycles. The zero-order valence-corrected chi connectivity index (χ0v) is 11.6. The molecule has 0 unspecified atom stereocenters. The van der Waals surface area contributed by atoms with E-state index in [1.54, 1.807) is 0 Å². The number of carbonyl (C=O) groups excluding carboxylic acids is 1. The van der Waals surface area contributed by atoms with E-state index in [0.29, 0.717) is 5.92 Å². The van der Waals surface area contributed by atoms with Gasteiger partial charge in [0.25, 0.3) is 5.91 Å². The second-order valence-corrected chi connectivity index (χ2v) is 5.85. The fourth-order valence-corrected chi connectivity index (χ4v) is 3.22. The van der Waals surface area contributed by atoms with E-state index in [1.807, 2.05) is 11.8 Å². The minimum atomic E-state index is -0.160. The Morgan fingerprint density at radius 1 is 1.50 bits per heavy atom. The Morgan fingerprint density at radius 2 is 2.28 bits per heavy atom. The van der Waals surface area contributed by atoms with Gasteiger partial charge in [0, 0.05) is 13.0 Å². The summed E-state index contributed by atoms with van der Waals surface area (Å²) in [5, 5.41) is 9.68. The molecule has 1 aliphatic heterocycles. The molecule has 2 N–H and O–H groups in total. The van der Waals surface area contributed by atoms with Crippen LogP contribution in [0.15, 0.2) is 0 Å². The number of hydrogen-bond acceptors (Lipinski definition) is 4. The maximum atomic E-state index is 11.8. The first kappa shape index (κ1) is 13.4. The third-order valence-electron chi connectivity index (χ3n) is 3.11. The average Bonchev–Trinajstić information content (AvgIpc) is 2.86. The van der Waals surface area contributed by atoms with Gasteiger partial charge in [0.1, 0.15) is 5.82 Å². The number of amides is 1. The molecule has 0 saturated carbocycles. The van der Waals surface area contributed by atoms with E-state index in [9.17, 15) is 4.79 Å². The maximum absolute atomic E-state index is 11.8. The van der Waals surface area contributed by atoms with E-state index in [0.717, 1.165) is 25.2 Å². The summed E-state index contributed by atoms with van der Waals surface area (Å²) in [5.41, 5.74) is 0. The molecule has 1 aromatic rings. The van der Waals surface area contributed by atoms with Crippen molar-refractivity contribution in [1.29, 1.82) is 0 Å². The molecule has 2 heterocycles. The molecule has 1 amide bonds. The largest absolute Gasteiger partial charge is 0.349 e. The third-order valence-corrected chi connectivity index (χ3v) is 4.16. The van der Waals surface area contributed by atoms with E-state index in [1.165, 1.54) is 24.3 Å². The van der Waals surface area contributed by atoms with Crippen molar-refractivity contribution in [3.63, 3.8) is 0 Å². The molecule has 0 spiro atoms. The zero-order chi connectivity index (χ0) is 12.8. The van der Waals surface area contributed by atoms with Crippen LogP contribution in [0.3, 0.4) is 0 Å². The fourth-order valence-electron chi connectivity index (χ4n) is 2.01. The van der Waals surface area contributed by atoms with Crippen molar-refractivity contribution >= 4 is 17.7 Å². The fraction of sp³-hybridized carbons (Fsp3) is 0.750. The van der Waals surface area contributed by atoms with Crippen molar-refractivity contribution in [3.05, 3.63) is 11.6 Å². The molecular formula is C12H20N4OS. The van der Waals surface area contributed by atoms with E-state index >= 15 is 0 Å². The minimum absolute atomic E-state index is 0.160. The predicted molar refractivity (Wildman–Crippen MR) is 72.8 cm³/mol. The minimum Gasteiger partial charge on any atom is -0.349 e. The number of carbonyl (C=O) groups is 1. The number of hydrogen-bond donors (Lipinski definition) is 2. The molecule has 1 saturated heterocycles. The molecule has 0 aliphatic carbocycles. The first-order valence-electron chi connectivity index (χ1n) is 6.56. The highest BCUT2D eigenvalue weighted by Gasteiger charge is 2.17. The van der Waals surface area contributed by atoms with Crippen LogP contribution in [0, 0.1) is 5.92 Å². The number of aromatic nitrogens is 3. The Labute approximate surface area is 112 Å². The quantitative estimate of drug-likeness (QED) is 0.851. The van der Waals surface area contributed by atoms with Crippen LogP contribution < -0.4 is 5.32 Å². The van der Waals surface area contributed by atoms with Gasteiger partial charge in [-0.3, -0.25) is 9.89 Å². The third kappa shape index (κ3) is 3.73. The lowest BCUT2D eigenvalue weighted by molar-refractivity contribution is 0.0936. The number of aromatic amines is 1. The smallest absolute Gasteiger partial charge is 0.290 e. The van der Waals surface area contributed by atoms with Crippen molar-refractivity contribution in [2.75, 3.05) is 18.1 Å². The number of aryl methyl sites for hydroxylation is 1. The first-order chi connectivity index (χ1) is 8.79. The van der Waals surface area contributed by atoms with Crippen LogP contribution in [0.5, 0.6) is 0 Å². The molecule has 2 rings (SSSR count). The van der Waals surface area contributed by atoms with Crippen LogP contribution in [-0.2, 0) is 6.42 Å². The Kier molecular flexibility index (Phi) is 5.04. The van der Waals surface area contributed by atoms with Crippen molar-refractivity contribution in [2.24, 2.45) is 5.92 Å². The Morgan fingerprint density at radius 3 is 3.00 bits per heavy atom. The van der Waals surface area contributed by atoms with Crippen LogP contribution in [0.4, 0.5) is 0 Å². The van der Waals surface area contributed by atoms with Crippen LogP contribution >= 0.6 is 11.8 Å². The van der Waals surface area contributed by atoms with E-state index in [2.05, 4.69) is 27.4 Å². The Bertz CT molecular complexity index is 387. The molecule has 0 atom stereocenters. The maximum Gasteiger partial charge on any atom is 0.290 e. The number of nitrogens with one attached hydrogen (secondary N) is 2. The molecule has 1 aliphatic rings. The van der Waals surface area contributed by atoms with Crippen LogP contribution in [0.25, 0.3) is 0 Å². The SMILES string of the molecule is CCCc1nc(C(=O)NCC2CCSCC2)n[nH]1. The van der Waals surface area contributed by atoms with Gasteiger partial charge in [-0.15, -0.1) is 5.10 Å². The van der Waals surface area contributed by atoms with Gasteiger partial charge >= 0.3 is 0 Å². The lowest BCUT2D eigenvalue weighted by Crippen LogP contribution is -2.31. The average molecular weight is 268 g/mol. The van der Waals surface area contributed by atoms with Crippen molar-refractivity contribution in [2.45, 2.75) is 32.6 Å². The molecule has 100 valence electrons. The summed E-state index contributed by atoms with van der Waals surface area (Å²) >= 11 is 2.00. The van der Waals surface area contributed by atoms with Crippen LogP contribution in [0.1, 0.15) is 42.6 Å². The predicted octanol–water partition coefficient (Wildman–Crippen LogP) is 1.63. The van der Waals surface area contributed by atoms with Gasteiger partial charge in [0.05, 0.1) is 0 Å². The van der Waals surface area contributed by atoms with E-state index in [-0.39, 0.29) is 11.7 Å². The molecule has 0 radical (unpaired) electrons. The summed E-state index contributed by atoms with van der Waals surface area (Å²) < 4.78 is 0. The van der Waals surface area contributed by atoms with Gasteiger partial charge in [-0.25, -0.2) is 4.98 Å². The molecule has 1 fully saturated rings. The standard InChI is InChI=1S/C12H20N4OS/c1-2-3-10-14-11(16-15-10)12(17)13-8-9-4-6-18-7-5-9/h9H,2-8H2,1H3,(H,13,17)(H,14,15,16). The summed E-state index contributed by atoms with van der Waals surface area (Å²) in [5.74, 6) is 3.93. The van der Waals surface area contributed by atoms with Gasteiger partial charge in [0.2, 0.25) is 5.82 Å². The normalized spacial score (nSPS) is 16.7. The lowest BCUT2D eigenvalue weighted by atomic mass is 10.0. The van der Waals surface area contributed by atoms with Crippen molar-refractivity contribution < 1.29 is 4.79 Å². The van der Waals surface area contributed by atoms with E-state index < -0.39 is 0 Å². The number of rotatable bonds is 5. The molecular weight excluding hydrogens is 248 g/mol. The van der Waals surface area contributed by atoms with Crippen LogP contribution in [0.2, 0.25) is 0 Å². The summed E-state index contributed by atoms with van der Waals surface area (Å²) in [4.78, 5) is 16.0. The van der Waals surface area contributed by atoms with Crippen molar-refractivity contribution in [1.82, 2.24) is 20.5 Å². The second kappa shape index (κ2) is 6.78. The summed E-state index contributed by atoms with van der Waals surface area (Å²) in [6.07, 6.45) is 4.22. The number of thioether (sulfide) groups is 1. The number of nitrogens with zero attached hydrogens (tertiary/aromatic N) is 2. The molecule has 0 bridgehead atoms. The van der Waals surface area contributed by atoms with Gasteiger partial charge in [-0.1, -0.05) is 6.92 Å². The van der Waals surface area contributed by atoms with Crippen molar-refractivity contribution in [3.8, 4) is 0 Å².